The Morgan fingerprint density at radius 3 is 1.75 bits per heavy atom. The number of hydrogen-bond acceptors (Lipinski definition) is 2. The fourth-order valence-electron chi connectivity index (χ4n) is 4.55. The molecule has 0 spiro atoms. The average Bonchev–Trinajstić information content (AvgIpc) is 2.98. The average molecular weight is 582 g/mol. The van der Waals surface area contributed by atoms with Crippen molar-refractivity contribution in [3.8, 4) is 0 Å². The van der Waals surface area contributed by atoms with E-state index in [0.717, 1.165) is 16.7 Å². The Morgan fingerprint density at radius 2 is 1.20 bits per heavy atom. The summed E-state index contributed by atoms with van der Waals surface area (Å²) >= 11 is 6.85. The summed E-state index contributed by atoms with van der Waals surface area (Å²) in [5, 5.41) is 2.97. The topological polar surface area (TPSA) is 46.2 Å². The van der Waals surface area contributed by atoms with Gasteiger partial charge in [0.15, 0.2) is 0 Å². The lowest BCUT2D eigenvalue weighted by molar-refractivity contribution is 0.591. The van der Waals surface area contributed by atoms with Gasteiger partial charge in [-0.3, -0.25) is 4.72 Å². The van der Waals surface area contributed by atoms with E-state index in [2.05, 4.69) is 29.0 Å². The van der Waals surface area contributed by atoms with Crippen molar-refractivity contribution in [1.82, 2.24) is 4.72 Å². The van der Waals surface area contributed by atoms with Crippen molar-refractivity contribution in [2.75, 3.05) is 0 Å². The Hall–Kier alpha value is -3.69. The molecular weight excluding hydrogens is 553 g/mol. The molecule has 5 rings (SSSR count). The van der Waals surface area contributed by atoms with Crippen LogP contribution in [0.2, 0.25) is 5.02 Å². The summed E-state index contributed by atoms with van der Waals surface area (Å²) in [7, 11) is -4.89. The van der Waals surface area contributed by atoms with Crippen molar-refractivity contribution < 1.29 is 8.42 Å². The molecule has 0 saturated heterocycles. The molecule has 5 aromatic rings. The van der Waals surface area contributed by atoms with E-state index in [1.165, 1.54) is 10.6 Å². The van der Waals surface area contributed by atoms with Gasteiger partial charge in [0.25, 0.3) is 10.0 Å². The van der Waals surface area contributed by atoms with E-state index >= 15 is 0 Å². The minimum atomic E-state index is -3.86. The highest BCUT2D eigenvalue weighted by molar-refractivity contribution is 7.89. The Labute approximate surface area is 243 Å². The normalized spacial score (nSPS) is 12.7. The summed E-state index contributed by atoms with van der Waals surface area (Å²) in [5.74, 6) is 0. The second-order valence-electron chi connectivity index (χ2n) is 9.37. The zero-order chi connectivity index (χ0) is 28.0. The summed E-state index contributed by atoms with van der Waals surface area (Å²) in [5.41, 5.74) is 2.97. The first-order valence-corrected chi connectivity index (χ1v) is 16.2. The summed E-state index contributed by atoms with van der Waals surface area (Å²) < 4.78 is 30.2. The number of benzene rings is 5. The van der Waals surface area contributed by atoms with Crippen LogP contribution in [-0.4, -0.2) is 8.42 Å². The molecule has 0 aliphatic rings. The maximum absolute atomic E-state index is 13.6. The summed E-state index contributed by atoms with van der Waals surface area (Å²) in [6.07, 6.45) is 2.04. The standard InChI is InChI=1S/C34H29ClNO2PS/c1-26-21-23-30(24-22-26)40(37,38)36-33(27-13-5-2-6-14-27)25-34(31-19-11-12-20-32(31)35)39(28-15-7-3-8-16-28)29-17-9-4-10-18-29/h2-25,34,36H,1H3/b33-25-/t34-/m1/s1. The van der Waals surface area contributed by atoms with E-state index in [1.807, 2.05) is 104 Å². The van der Waals surface area contributed by atoms with Crippen molar-refractivity contribution in [2.45, 2.75) is 17.5 Å². The molecule has 1 atom stereocenters. The molecule has 0 heterocycles. The van der Waals surface area contributed by atoms with Crippen LogP contribution >= 0.6 is 19.5 Å². The van der Waals surface area contributed by atoms with Gasteiger partial charge < -0.3 is 0 Å². The van der Waals surface area contributed by atoms with Gasteiger partial charge in [-0.25, -0.2) is 8.42 Å². The molecule has 3 nitrogen and oxygen atoms in total. The number of nitrogens with one attached hydrogen (secondary N) is 1. The van der Waals surface area contributed by atoms with Crippen molar-refractivity contribution in [3.05, 3.63) is 167 Å². The van der Waals surface area contributed by atoms with Crippen LogP contribution in [0.25, 0.3) is 5.70 Å². The number of aryl methyl sites for hydroxylation is 1. The molecule has 200 valence electrons. The first-order chi connectivity index (χ1) is 19.4. The van der Waals surface area contributed by atoms with Crippen LogP contribution in [0.4, 0.5) is 0 Å². The Balaban J connectivity index is 1.73. The molecule has 1 N–H and O–H groups in total. The maximum Gasteiger partial charge on any atom is 0.261 e. The number of rotatable bonds is 9. The van der Waals surface area contributed by atoms with Gasteiger partial charge in [-0.1, -0.05) is 138 Å². The van der Waals surface area contributed by atoms with Gasteiger partial charge in [0.2, 0.25) is 0 Å². The number of halogens is 1. The number of sulfonamides is 1. The van der Waals surface area contributed by atoms with E-state index in [-0.39, 0.29) is 10.6 Å². The molecule has 5 aromatic carbocycles. The van der Waals surface area contributed by atoms with E-state index in [0.29, 0.717) is 10.7 Å². The Morgan fingerprint density at radius 1 is 0.700 bits per heavy atom. The lowest BCUT2D eigenvalue weighted by Gasteiger charge is -2.29. The van der Waals surface area contributed by atoms with Gasteiger partial charge in [-0.2, -0.15) is 0 Å². The molecule has 0 saturated carbocycles. The van der Waals surface area contributed by atoms with E-state index in [4.69, 9.17) is 11.6 Å². The van der Waals surface area contributed by atoms with Crippen LogP contribution in [0, 0.1) is 6.92 Å². The van der Waals surface area contributed by atoms with Gasteiger partial charge >= 0.3 is 0 Å². The first kappa shape index (κ1) is 27.9. The van der Waals surface area contributed by atoms with Crippen LogP contribution in [-0.2, 0) is 10.0 Å². The number of hydrogen-bond donors (Lipinski definition) is 1. The molecule has 40 heavy (non-hydrogen) atoms. The highest BCUT2D eigenvalue weighted by atomic mass is 35.5. The Bertz CT molecular complexity index is 1650. The second kappa shape index (κ2) is 12.7. The minimum absolute atomic E-state index is 0.211. The van der Waals surface area contributed by atoms with Crippen molar-refractivity contribution >= 4 is 45.9 Å². The molecule has 0 unspecified atom stereocenters. The van der Waals surface area contributed by atoms with Gasteiger partial charge in [-0.15, -0.1) is 0 Å². The highest BCUT2D eigenvalue weighted by Gasteiger charge is 2.28. The zero-order valence-electron chi connectivity index (χ0n) is 22.0. The largest absolute Gasteiger partial charge is 0.279 e. The van der Waals surface area contributed by atoms with E-state index in [1.54, 1.807) is 24.3 Å². The first-order valence-electron chi connectivity index (χ1n) is 12.9. The second-order valence-corrected chi connectivity index (χ2v) is 13.8. The van der Waals surface area contributed by atoms with Crippen molar-refractivity contribution in [2.24, 2.45) is 0 Å². The fourth-order valence-corrected chi connectivity index (χ4v) is 8.70. The smallest absolute Gasteiger partial charge is 0.261 e. The maximum atomic E-state index is 13.6. The van der Waals surface area contributed by atoms with Crippen LogP contribution in [0.5, 0.6) is 0 Å². The molecule has 0 radical (unpaired) electrons. The lowest BCUT2D eigenvalue weighted by Crippen LogP contribution is -2.24. The molecule has 0 bridgehead atoms. The molecule has 0 fully saturated rings. The molecule has 0 aliphatic heterocycles. The molecular formula is C34H29ClNO2PS. The third-order valence-electron chi connectivity index (χ3n) is 6.56. The molecule has 0 aromatic heterocycles. The summed E-state index contributed by atoms with van der Waals surface area (Å²) in [6.45, 7) is 1.93. The molecule has 0 amide bonds. The SMILES string of the molecule is Cc1ccc(S(=O)(=O)N/C(=C\[C@H](c2ccccc2Cl)P(c2ccccc2)c2ccccc2)c2ccccc2)cc1. The van der Waals surface area contributed by atoms with Crippen molar-refractivity contribution in [1.29, 1.82) is 0 Å². The van der Waals surface area contributed by atoms with Crippen LogP contribution in [0.1, 0.15) is 22.3 Å². The fraction of sp³-hybridized carbons (Fsp3) is 0.0588. The summed E-state index contributed by atoms with van der Waals surface area (Å²) in [4.78, 5) is 0.211. The third kappa shape index (κ3) is 6.54. The minimum Gasteiger partial charge on any atom is -0.279 e. The van der Waals surface area contributed by atoms with E-state index < -0.39 is 17.9 Å². The van der Waals surface area contributed by atoms with Gasteiger partial charge in [-0.05, 0) is 60.9 Å². The predicted octanol–water partition coefficient (Wildman–Crippen LogP) is 7.84. The quantitative estimate of drug-likeness (QED) is 0.180. The molecule has 0 aliphatic carbocycles. The van der Waals surface area contributed by atoms with Gasteiger partial charge in [0, 0.05) is 10.7 Å². The van der Waals surface area contributed by atoms with E-state index in [9.17, 15) is 8.42 Å². The number of allylic oxidation sites excluding steroid dienone is 1. The Kier molecular flexibility index (Phi) is 8.81. The highest BCUT2D eigenvalue weighted by Crippen LogP contribution is 2.52. The molecule has 6 heteroatoms. The predicted molar refractivity (Wildman–Crippen MR) is 169 cm³/mol. The van der Waals surface area contributed by atoms with Crippen LogP contribution in [0.3, 0.4) is 0 Å². The zero-order valence-corrected chi connectivity index (χ0v) is 24.5. The lowest BCUT2D eigenvalue weighted by atomic mass is 10.1. The monoisotopic (exact) mass is 581 g/mol. The van der Waals surface area contributed by atoms with Gasteiger partial charge in [0.05, 0.1) is 10.6 Å². The van der Waals surface area contributed by atoms with Gasteiger partial charge in [0.1, 0.15) is 0 Å². The van der Waals surface area contributed by atoms with Crippen molar-refractivity contribution in [3.63, 3.8) is 0 Å². The van der Waals surface area contributed by atoms with Crippen LogP contribution < -0.4 is 15.3 Å². The van der Waals surface area contributed by atoms with Crippen LogP contribution in [0.15, 0.2) is 150 Å². The summed E-state index contributed by atoms with van der Waals surface area (Å²) in [6, 6.07) is 45.0. The third-order valence-corrected chi connectivity index (χ3v) is 11.0.